The first kappa shape index (κ1) is 67.9. The van der Waals surface area contributed by atoms with Crippen LogP contribution in [0.5, 0.6) is 0 Å². The van der Waals surface area contributed by atoms with E-state index in [1.165, 1.54) is 0 Å². The first-order chi connectivity index (χ1) is 25.7. The van der Waals surface area contributed by atoms with Crippen molar-refractivity contribution in [3.63, 3.8) is 0 Å². The van der Waals surface area contributed by atoms with Crippen molar-refractivity contribution in [1.29, 1.82) is 0 Å². The fourth-order valence-corrected chi connectivity index (χ4v) is 6.51. The predicted octanol–water partition coefficient (Wildman–Crippen LogP) is 12.3. The van der Waals surface area contributed by atoms with Crippen molar-refractivity contribution in [2.24, 2.45) is 27.6 Å². The molecule has 0 fully saturated rings. The maximum absolute atomic E-state index is 12.3. The SMILES string of the molecule is C.CC(C)CC(NC(C)(C)C)C(=O)C(C)(C)C.CCC(NC(C)(C)C)C(=O)C(C)(C)C.CCC(NC(C)(C)C)C(=O)C(C)(C)C.CSCC(NC(C)(C)C)C(=O)C(C)(C)C. The molecule has 0 saturated heterocycles. The van der Waals surface area contributed by atoms with Gasteiger partial charge in [-0.2, -0.15) is 11.8 Å². The maximum atomic E-state index is 12.3. The zero-order chi connectivity index (χ0) is 48.6. The lowest BCUT2D eigenvalue weighted by molar-refractivity contribution is -0.129. The van der Waals surface area contributed by atoms with E-state index in [1.54, 1.807) is 11.8 Å². The fourth-order valence-electron chi connectivity index (χ4n) is 5.94. The normalized spacial score (nSPS) is 15.0. The minimum Gasteiger partial charge on any atom is -0.303 e. The third-order valence-electron chi connectivity index (χ3n) is 8.51. The molecule has 0 aromatic heterocycles. The minimum absolute atomic E-state index is 0. The Morgan fingerprint density at radius 2 is 0.600 bits per heavy atom. The van der Waals surface area contributed by atoms with Crippen LogP contribution in [0.25, 0.3) is 0 Å². The van der Waals surface area contributed by atoms with Gasteiger partial charge in [-0.1, -0.05) is 118 Å². The van der Waals surface area contributed by atoms with Crippen LogP contribution in [-0.2, 0) is 19.2 Å². The van der Waals surface area contributed by atoms with Crippen molar-refractivity contribution >= 4 is 34.9 Å². The predicted molar refractivity (Wildman–Crippen MR) is 270 cm³/mol. The van der Waals surface area contributed by atoms with E-state index in [1.807, 2.05) is 103 Å². The number of nitrogens with one attached hydrogen (secondary N) is 4. The molecule has 0 radical (unpaired) electrons. The Labute approximate surface area is 380 Å². The molecule has 4 unspecified atom stereocenters. The summed E-state index contributed by atoms with van der Waals surface area (Å²) in [4.78, 5) is 48.5. The number of Topliss-reactive ketones (excluding diaryl/α,β-unsaturated/α-hetero) is 4. The summed E-state index contributed by atoms with van der Waals surface area (Å²) in [5.41, 5.74) is -1.06. The molecule has 60 heavy (non-hydrogen) atoms. The second kappa shape index (κ2) is 27.3. The van der Waals surface area contributed by atoms with E-state index in [0.717, 1.165) is 25.0 Å². The molecule has 8 nitrogen and oxygen atoms in total. The monoisotopic (exact) mass is 873 g/mol. The highest BCUT2D eigenvalue weighted by molar-refractivity contribution is 7.98. The molecule has 4 N–H and O–H groups in total. The summed E-state index contributed by atoms with van der Waals surface area (Å²) in [5, 5.41) is 13.6. The summed E-state index contributed by atoms with van der Waals surface area (Å²) in [6.07, 6.45) is 4.65. The van der Waals surface area contributed by atoms with Crippen LogP contribution in [0.2, 0.25) is 0 Å². The highest BCUT2D eigenvalue weighted by Crippen LogP contribution is 2.23. The number of ketones is 4. The highest BCUT2D eigenvalue weighted by Gasteiger charge is 2.34. The van der Waals surface area contributed by atoms with Crippen LogP contribution < -0.4 is 21.3 Å². The number of rotatable bonds is 14. The van der Waals surface area contributed by atoms with E-state index in [9.17, 15) is 19.2 Å². The quantitative estimate of drug-likeness (QED) is 0.135. The number of hydrogen-bond donors (Lipinski definition) is 4. The summed E-state index contributed by atoms with van der Waals surface area (Å²) >= 11 is 1.71. The highest BCUT2D eigenvalue weighted by atomic mass is 32.2. The van der Waals surface area contributed by atoms with Crippen molar-refractivity contribution in [3.8, 4) is 0 Å². The van der Waals surface area contributed by atoms with Crippen molar-refractivity contribution < 1.29 is 19.2 Å². The van der Waals surface area contributed by atoms with Crippen LogP contribution in [0, 0.1) is 27.6 Å². The zero-order valence-electron chi connectivity index (χ0n) is 44.8. The second-order valence-electron chi connectivity index (χ2n) is 25.1. The molecule has 0 bridgehead atoms. The topological polar surface area (TPSA) is 116 Å². The lowest BCUT2D eigenvalue weighted by atomic mass is 9.83. The van der Waals surface area contributed by atoms with E-state index >= 15 is 0 Å². The first-order valence-corrected chi connectivity index (χ1v) is 23.8. The fraction of sp³-hybridized carbons (Fsp3) is 0.922. The van der Waals surface area contributed by atoms with Gasteiger partial charge in [0.1, 0.15) is 0 Å². The molecule has 0 aliphatic rings. The Bertz CT molecular complexity index is 1170. The molecule has 0 aliphatic heterocycles. The van der Waals surface area contributed by atoms with Gasteiger partial charge in [-0.15, -0.1) is 0 Å². The van der Waals surface area contributed by atoms with E-state index in [-0.39, 0.29) is 75.4 Å². The Balaban J connectivity index is -0.000000223. The van der Waals surface area contributed by atoms with Crippen molar-refractivity contribution in [2.45, 2.75) is 267 Å². The summed E-state index contributed by atoms with van der Waals surface area (Å²) in [6.45, 7) is 57.3. The molecular weight excluding hydrogens is 765 g/mol. The van der Waals surface area contributed by atoms with Crippen LogP contribution in [0.3, 0.4) is 0 Å². The van der Waals surface area contributed by atoms with Gasteiger partial charge < -0.3 is 21.3 Å². The number of carbonyl (C=O) groups is 4. The van der Waals surface area contributed by atoms with Crippen molar-refractivity contribution in [1.82, 2.24) is 21.3 Å². The van der Waals surface area contributed by atoms with Gasteiger partial charge in [0, 0.05) is 49.6 Å². The second-order valence-corrected chi connectivity index (χ2v) is 26.1. The van der Waals surface area contributed by atoms with Gasteiger partial charge in [-0.3, -0.25) is 19.2 Å². The average Bonchev–Trinajstić information content (AvgIpc) is 2.97. The van der Waals surface area contributed by atoms with Crippen molar-refractivity contribution in [2.75, 3.05) is 12.0 Å². The van der Waals surface area contributed by atoms with Crippen molar-refractivity contribution in [3.05, 3.63) is 0 Å². The van der Waals surface area contributed by atoms with Crippen LogP contribution in [0.4, 0.5) is 0 Å². The van der Waals surface area contributed by atoms with E-state index in [4.69, 9.17) is 0 Å². The molecule has 0 amide bonds. The van der Waals surface area contributed by atoms with Gasteiger partial charge in [-0.05, 0) is 115 Å². The molecule has 0 heterocycles. The van der Waals surface area contributed by atoms with Gasteiger partial charge >= 0.3 is 0 Å². The van der Waals surface area contributed by atoms with Crippen LogP contribution >= 0.6 is 11.8 Å². The van der Waals surface area contributed by atoms with Gasteiger partial charge in [0.2, 0.25) is 0 Å². The summed E-state index contributed by atoms with van der Waals surface area (Å²) in [6, 6.07) is -0.106. The number of thioether (sulfide) groups is 1. The lowest BCUT2D eigenvalue weighted by Gasteiger charge is -2.32. The van der Waals surface area contributed by atoms with Crippen LogP contribution in [0.1, 0.15) is 221 Å². The number of hydrogen-bond acceptors (Lipinski definition) is 9. The van der Waals surface area contributed by atoms with Gasteiger partial charge in [-0.25, -0.2) is 0 Å². The summed E-state index contributed by atoms with van der Waals surface area (Å²) in [5.74, 6) is 2.59. The number of carbonyl (C=O) groups excluding carboxylic acids is 4. The minimum atomic E-state index is -0.266. The molecule has 0 aromatic carbocycles. The molecule has 0 aliphatic carbocycles. The third-order valence-corrected chi connectivity index (χ3v) is 9.18. The zero-order valence-corrected chi connectivity index (χ0v) is 45.6. The Hall–Kier alpha value is -1.13. The smallest absolute Gasteiger partial charge is 0.155 e. The Morgan fingerprint density at radius 3 is 0.783 bits per heavy atom. The molecule has 0 rings (SSSR count). The Kier molecular flexibility index (Phi) is 30.9. The maximum Gasteiger partial charge on any atom is 0.155 e. The molecule has 4 atom stereocenters. The van der Waals surface area contributed by atoms with Gasteiger partial charge in [0.25, 0.3) is 0 Å². The molecule has 0 aromatic rings. The average molecular weight is 874 g/mol. The molecule has 0 spiro atoms. The first-order valence-electron chi connectivity index (χ1n) is 22.4. The van der Waals surface area contributed by atoms with Crippen LogP contribution in [0.15, 0.2) is 0 Å². The summed E-state index contributed by atoms with van der Waals surface area (Å²) in [7, 11) is 0. The van der Waals surface area contributed by atoms with Gasteiger partial charge in [0.05, 0.1) is 24.2 Å². The van der Waals surface area contributed by atoms with E-state index in [2.05, 4.69) is 118 Å². The summed E-state index contributed by atoms with van der Waals surface area (Å²) < 4.78 is 0. The van der Waals surface area contributed by atoms with E-state index in [0.29, 0.717) is 29.1 Å². The largest absolute Gasteiger partial charge is 0.303 e. The van der Waals surface area contributed by atoms with Crippen LogP contribution in [-0.4, -0.2) is 81.5 Å². The standard InChI is InChI=1S/C14H29NO.C12H25NOS.2C12H25NO.CH4/c1-10(2)9-11(15-14(6,7)8)12(16)13(3,4)5;1-11(2,3)10(14)9(8-15-7)13-12(4,5)6;2*1-8-9(13-12(5,6)7)10(14)11(2,3)4;/h10-11,15H,9H2,1-8H3;9,13H,8H2,1-7H3;2*9,13H,8H2,1-7H3;1H4. The molecule has 9 heteroatoms. The van der Waals surface area contributed by atoms with Gasteiger partial charge in [0.15, 0.2) is 23.1 Å². The lowest BCUT2D eigenvalue weighted by Crippen LogP contribution is -2.52. The van der Waals surface area contributed by atoms with E-state index < -0.39 is 0 Å². The Morgan fingerprint density at radius 1 is 0.400 bits per heavy atom. The molecular formula is C51H108N4O4S. The molecule has 362 valence electrons. The third kappa shape index (κ3) is 36.4. The molecule has 0 saturated carbocycles.